The average Bonchev–Trinajstić information content (AvgIpc) is 2.26. The van der Waals surface area contributed by atoms with Gasteiger partial charge in [0.2, 0.25) is 10.0 Å². The van der Waals surface area contributed by atoms with Gasteiger partial charge in [0, 0.05) is 14.1 Å². The number of nitrogens with zero attached hydrogens (tertiary/aromatic N) is 1. The van der Waals surface area contributed by atoms with E-state index in [0.717, 1.165) is 5.69 Å². The molecule has 0 aliphatic heterocycles. The predicted octanol–water partition coefficient (Wildman–Crippen LogP) is 0.969. The minimum Gasteiger partial charge on any atom is -0.481 e. The Morgan fingerprint density at radius 1 is 1.33 bits per heavy atom. The topological polar surface area (TPSA) is 86.7 Å². The molecule has 0 aromatic heterocycles. The lowest BCUT2D eigenvalue weighted by molar-refractivity contribution is -0.136. The summed E-state index contributed by atoms with van der Waals surface area (Å²) in [5, 5.41) is 8.49. The molecule has 0 unspecified atom stereocenters. The van der Waals surface area contributed by atoms with Crippen LogP contribution in [0.3, 0.4) is 0 Å². The largest absolute Gasteiger partial charge is 0.481 e. The van der Waals surface area contributed by atoms with Gasteiger partial charge in [0.25, 0.3) is 0 Å². The first-order chi connectivity index (χ1) is 8.32. The van der Waals surface area contributed by atoms with Gasteiger partial charge in [0.05, 0.1) is 23.5 Å². The number of hydrogen-bond donors (Lipinski definition) is 2. The van der Waals surface area contributed by atoms with Crippen molar-refractivity contribution >= 4 is 27.4 Å². The van der Waals surface area contributed by atoms with Gasteiger partial charge in [0.1, 0.15) is 0 Å². The van der Waals surface area contributed by atoms with E-state index in [4.69, 9.17) is 5.11 Å². The molecule has 0 saturated carbocycles. The molecule has 0 spiro atoms. The third kappa shape index (κ3) is 4.25. The zero-order valence-electron chi connectivity index (χ0n) is 10.3. The SMILES string of the molecule is CN(C)c1ccccc1NS(=O)(=O)CCC(=O)O. The van der Waals surface area contributed by atoms with Gasteiger partial charge < -0.3 is 10.0 Å². The lowest BCUT2D eigenvalue weighted by Crippen LogP contribution is -2.21. The molecule has 0 heterocycles. The molecule has 1 aromatic rings. The standard InChI is InChI=1S/C11H16N2O4S/c1-13(2)10-6-4-3-5-9(10)12-18(16,17)8-7-11(14)15/h3-6,12H,7-8H2,1-2H3,(H,14,15). The number of benzene rings is 1. The molecule has 0 amide bonds. The van der Waals surface area contributed by atoms with Gasteiger partial charge in [-0.1, -0.05) is 12.1 Å². The molecule has 1 aromatic carbocycles. The van der Waals surface area contributed by atoms with Gasteiger partial charge in [-0.15, -0.1) is 0 Å². The highest BCUT2D eigenvalue weighted by Gasteiger charge is 2.15. The Morgan fingerprint density at radius 2 is 1.94 bits per heavy atom. The molecule has 0 radical (unpaired) electrons. The van der Waals surface area contributed by atoms with Crippen LogP contribution in [0.5, 0.6) is 0 Å². The van der Waals surface area contributed by atoms with Gasteiger partial charge in [0.15, 0.2) is 0 Å². The monoisotopic (exact) mass is 272 g/mol. The van der Waals surface area contributed by atoms with Gasteiger partial charge in [-0.3, -0.25) is 9.52 Å². The van der Waals surface area contributed by atoms with Crippen molar-refractivity contribution in [2.75, 3.05) is 29.5 Å². The van der Waals surface area contributed by atoms with Crippen molar-refractivity contribution in [2.45, 2.75) is 6.42 Å². The normalized spacial score (nSPS) is 11.0. The maximum Gasteiger partial charge on any atom is 0.304 e. The summed E-state index contributed by atoms with van der Waals surface area (Å²) < 4.78 is 25.8. The number of hydrogen-bond acceptors (Lipinski definition) is 4. The zero-order chi connectivity index (χ0) is 13.8. The lowest BCUT2D eigenvalue weighted by atomic mass is 10.2. The Morgan fingerprint density at radius 3 is 2.50 bits per heavy atom. The summed E-state index contributed by atoms with van der Waals surface area (Å²) in [6, 6.07) is 6.91. The summed E-state index contributed by atoms with van der Waals surface area (Å²) in [6.45, 7) is 0. The molecule has 2 N–H and O–H groups in total. The number of para-hydroxylation sites is 2. The number of carboxylic acids is 1. The lowest BCUT2D eigenvalue weighted by Gasteiger charge is -2.18. The highest BCUT2D eigenvalue weighted by molar-refractivity contribution is 7.92. The number of rotatable bonds is 6. The number of anilines is 2. The molecular weight excluding hydrogens is 256 g/mol. The Labute approximate surface area is 106 Å². The Hall–Kier alpha value is -1.76. The van der Waals surface area contributed by atoms with Crippen LogP contribution < -0.4 is 9.62 Å². The smallest absolute Gasteiger partial charge is 0.304 e. The maximum absolute atomic E-state index is 11.7. The molecule has 6 nitrogen and oxygen atoms in total. The fourth-order valence-electron chi connectivity index (χ4n) is 1.39. The number of nitrogens with one attached hydrogen (secondary N) is 1. The van der Waals surface area contributed by atoms with E-state index in [9.17, 15) is 13.2 Å². The van der Waals surface area contributed by atoms with E-state index < -0.39 is 28.2 Å². The van der Waals surface area contributed by atoms with Crippen molar-refractivity contribution in [3.05, 3.63) is 24.3 Å². The Bertz CT molecular complexity index is 526. The third-order valence-electron chi connectivity index (χ3n) is 2.24. The first-order valence-corrected chi connectivity index (χ1v) is 6.96. The number of sulfonamides is 1. The van der Waals surface area contributed by atoms with Crippen LogP contribution in [-0.2, 0) is 14.8 Å². The molecule has 0 aliphatic rings. The summed E-state index contributed by atoms with van der Waals surface area (Å²) >= 11 is 0. The van der Waals surface area contributed by atoms with Crippen molar-refractivity contribution in [1.29, 1.82) is 0 Å². The molecular formula is C11H16N2O4S. The fraction of sp³-hybridized carbons (Fsp3) is 0.364. The Balaban J connectivity index is 2.87. The van der Waals surface area contributed by atoms with E-state index in [2.05, 4.69) is 4.72 Å². The first-order valence-electron chi connectivity index (χ1n) is 5.30. The van der Waals surface area contributed by atoms with Crippen molar-refractivity contribution < 1.29 is 18.3 Å². The second kappa shape index (κ2) is 5.72. The predicted molar refractivity (Wildman–Crippen MR) is 70.4 cm³/mol. The van der Waals surface area contributed by atoms with Crippen molar-refractivity contribution in [1.82, 2.24) is 0 Å². The Kier molecular flexibility index (Phi) is 4.55. The van der Waals surface area contributed by atoms with Gasteiger partial charge in [-0.25, -0.2) is 8.42 Å². The minimum atomic E-state index is -3.64. The van der Waals surface area contributed by atoms with Crippen LogP contribution in [0.2, 0.25) is 0 Å². The van der Waals surface area contributed by atoms with Gasteiger partial charge in [-0.05, 0) is 12.1 Å². The van der Waals surface area contributed by atoms with Gasteiger partial charge in [-0.2, -0.15) is 0 Å². The van der Waals surface area contributed by atoms with E-state index in [1.165, 1.54) is 0 Å². The summed E-state index contributed by atoms with van der Waals surface area (Å²) in [6.07, 6.45) is -0.417. The number of carbonyl (C=O) groups is 1. The second-order valence-electron chi connectivity index (χ2n) is 3.98. The van der Waals surface area contributed by atoms with E-state index in [0.29, 0.717) is 5.69 Å². The van der Waals surface area contributed by atoms with E-state index >= 15 is 0 Å². The van der Waals surface area contributed by atoms with Crippen LogP contribution in [0.1, 0.15) is 6.42 Å². The molecule has 0 bridgehead atoms. The molecule has 0 aliphatic carbocycles. The minimum absolute atomic E-state index is 0.417. The average molecular weight is 272 g/mol. The van der Waals surface area contributed by atoms with Crippen LogP contribution in [0.15, 0.2) is 24.3 Å². The highest BCUT2D eigenvalue weighted by Crippen LogP contribution is 2.24. The van der Waals surface area contributed by atoms with E-state index in [1.54, 1.807) is 43.3 Å². The van der Waals surface area contributed by atoms with Crippen LogP contribution in [0.4, 0.5) is 11.4 Å². The molecule has 1 rings (SSSR count). The molecule has 0 fully saturated rings. The third-order valence-corrected chi connectivity index (χ3v) is 3.51. The highest BCUT2D eigenvalue weighted by atomic mass is 32.2. The molecule has 100 valence electrons. The second-order valence-corrected chi connectivity index (χ2v) is 5.82. The molecule has 7 heteroatoms. The van der Waals surface area contributed by atoms with Crippen molar-refractivity contribution in [3.63, 3.8) is 0 Å². The van der Waals surface area contributed by atoms with Gasteiger partial charge >= 0.3 is 5.97 Å². The van der Waals surface area contributed by atoms with Crippen LogP contribution in [0.25, 0.3) is 0 Å². The summed E-state index contributed by atoms with van der Waals surface area (Å²) in [7, 11) is -0.0512. The maximum atomic E-state index is 11.7. The summed E-state index contributed by atoms with van der Waals surface area (Å²) in [5.41, 5.74) is 1.16. The molecule has 0 saturated heterocycles. The number of aliphatic carboxylic acids is 1. The van der Waals surface area contributed by atoms with Crippen LogP contribution >= 0.6 is 0 Å². The number of carboxylic acid groups (broad SMARTS) is 1. The van der Waals surface area contributed by atoms with Crippen molar-refractivity contribution in [3.8, 4) is 0 Å². The van der Waals surface area contributed by atoms with Crippen molar-refractivity contribution in [2.24, 2.45) is 0 Å². The van der Waals surface area contributed by atoms with E-state index in [1.807, 2.05) is 0 Å². The summed E-state index contributed by atoms with van der Waals surface area (Å²) in [5.74, 6) is -1.58. The fourth-order valence-corrected chi connectivity index (χ4v) is 2.44. The zero-order valence-corrected chi connectivity index (χ0v) is 11.1. The summed E-state index contributed by atoms with van der Waals surface area (Å²) in [4.78, 5) is 12.1. The molecule has 0 atom stereocenters. The van der Waals surface area contributed by atoms with E-state index in [-0.39, 0.29) is 0 Å². The van der Waals surface area contributed by atoms with Crippen LogP contribution in [-0.4, -0.2) is 39.3 Å². The van der Waals surface area contributed by atoms with Crippen LogP contribution in [0, 0.1) is 0 Å². The quantitative estimate of drug-likeness (QED) is 0.805. The molecule has 18 heavy (non-hydrogen) atoms. The first kappa shape index (κ1) is 14.3.